The summed E-state index contributed by atoms with van der Waals surface area (Å²) in [6.07, 6.45) is 3.86. The van der Waals surface area contributed by atoms with Gasteiger partial charge in [-0.3, -0.25) is 0 Å². The first kappa shape index (κ1) is 15.5. The standard InChI is InChI=1S/C14H18N2O4S/c1-21(19,20)16-10-8-15(9-11-16)13-5-2-12(3-6-13)4-7-14(17)18/h2-7H,8-11H2,1H3,(H,17,18). The largest absolute Gasteiger partial charge is 0.478 e. The van der Waals surface area contributed by atoms with Gasteiger partial charge in [0.2, 0.25) is 10.0 Å². The highest BCUT2D eigenvalue weighted by atomic mass is 32.2. The number of anilines is 1. The van der Waals surface area contributed by atoms with E-state index in [2.05, 4.69) is 4.90 Å². The minimum Gasteiger partial charge on any atom is -0.478 e. The summed E-state index contributed by atoms with van der Waals surface area (Å²) in [5, 5.41) is 8.58. The molecule has 2 rings (SSSR count). The van der Waals surface area contributed by atoms with Crippen molar-refractivity contribution in [3.8, 4) is 0 Å². The molecule has 1 aliphatic heterocycles. The average Bonchev–Trinajstić information content (AvgIpc) is 2.45. The van der Waals surface area contributed by atoms with Crippen LogP contribution in [0.2, 0.25) is 0 Å². The zero-order valence-corrected chi connectivity index (χ0v) is 12.6. The molecular formula is C14H18N2O4S. The molecule has 0 aliphatic carbocycles. The monoisotopic (exact) mass is 310 g/mol. The quantitative estimate of drug-likeness (QED) is 0.835. The number of hydrogen-bond donors (Lipinski definition) is 1. The number of carbonyl (C=O) groups is 1. The molecule has 0 unspecified atom stereocenters. The number of nitrogens with zero attached hydrogens (tertiary/aromatic N) is 2. The molecule has 114 valence electrons. The zero-order chi connectivity index (χ0) is 15.5. The number of aliphatic carboxylic acids is 1. The van der Waals surface area contributed by atoms with Gasteiger partial charge in [0.15, 0.2) is 0 Å². The van der Waals surface area contributed by atoms with Gasteiger partial charge in [-0.25, -0.2) is 13.2 Å². The van der Waals surface area contributed by atoms with Crippen LogP contribution in [0, 0.1) is 0 Å². The predicted octanol–water partition coefficient (Wildman–Crippen LogP) is 0.866. The van der Waals surface area contributed by atoms with Crippen LogP contribution in [0.15, 0.2) is 30.3 Å². The Morgan fingerprint density at radius 1 is 1.14 bits per heavy atom. The second-order valence-electron chi connectivity index (χ2n) is 4.91. The van der Waals surface area contributed by atoms with Gasteiger partial charge in [-0.1, -0.05) is 12.1 Å². The Hall–Kier alpha value is -1.86. The lowest BCUT2D eigenvalue weighted by molar-refractivity contribution is -0.131. The van der Waals surface area contributed by atoms with Crippen molar-refractivity contribution in [2.75, 3.05) is 37.3 Å². The third kappa shape index (κ3) is 4.30. The van der Waals surface area contributed by atoms with Crippen LogP contribution in [0.4, 0.5) is 5.69 Å². The Labute approximate surface area is 124 Å². The van der Waals surface area contributed by atoms with Gasteiger partial charge in [-0.15, -0.1) is 0 Å². The lowest BCUT2D eigenvalue weighted by Crippen LogP contribution is -2.48. The van der Waals surface area contributed by atoms with Crippen LogP contribution >= 0.6 is 0 Å². The highest BCUT2D eigenvalue weighted by Gasteiger charge is 2.23. The molecule has 7 heteroatoms. The second-order valence-corrected chi connectivity index (χ2v) is 6.89. The first-order valence-electron chi connectivity index (χ1n) is 6.57. The fourth-order valence-corrected chi connectivity index (χ4v) is 3.07. The summed E-state index contributed by atoms with van der Waals surface area (Å²) in [4.78, 5) is 12.6. The summed E-state index contributed by atoms with van der Waals surface area (Å²) in [6, 6.07) is 7.52. The number of piperazine rings is 1. The van der Waals surface area contributed by atoms with Gasteiger partial charge in [0.05, 0.1) is 6.26 Å². The van der Waals surface area contributed by atoms with Crippen LogP contribution in [-0.2, 0) is 14.8 Å². The predicted molar refractivity (Wildman–Crippen MR) is 81.7 cm³/mol. The molecule has 1 heterocycles. The van der Waals surface area contributed by atoms with Crippen LogP contribution in [0.3, 0.4) is 0 Å². The molecule has 1 aromatic rings. The maximum absolute atomic E-state index is 11.5. The van der Waals surface area contributed by atoms with Gasteiger partial charge < -0.3 is 10.0 Å². The number of sulfonamides is 1. The third-order valence-corrected chi connectivity index (χ3v) is 4.69. The van der Waals surface area contributed by atoms with E-state index >= 15 is 0 Å². The van der Waals surface area contributed by atoms with E-state index in [9.17, 15) is 13.2 Å². The van der Waals surface area contributed by atoms with Gasteiger partial charge in [-0.05, 0) is 23.8 Å². The Balaban J connectivity index is 1.99. The highest BCUT2D eigenvalue weighted by Crippen LogP contribution is 2.18. The summed E-state index contributed by atoms with van der Waals surface area (Å²) in [5.41, 5.74) is 1.83. The molecule has 0 atom stereocenters. The molecule has 1 aliphatic rings. The van der Waals surface area contributed by atoms with E-state index in [0.29, 0.717) is 26.2 Å². The molecular weight excluding hydrogens is 292 g/mol. The van der Waals surface area contributed by atoms with Crippen molar-refractivity contribution in [3.05, 3.63) is 35.9 Å². The average molecular weight is 310 g/mol. The molecule has 0 spiro atoms. The summed E-state index contributed by atoms with van der Waals surface area (Å²) in [6.45, 7) is 2.27. The van der Waals surface area contributed by atoms with Gasteiger partial charge in [-0.2, -0.15) is 4.31 Å². The SMILES string of the molecule is CS(=O)(=O)N1CCN(c2ccc(C=CC(=O)O)cc2)CC1. The molecule has 0 bridgehead atoms. The van der Waals surface area contributed by atoms with Crippen molar-refractivity contribution in [2.45, 2.75) is 0 Å². The summed E-state index contributed by atoms with van der Waals surface area (Å²) >= 11 is 0. The molecule has 21 heavy (non-hydrogen) atoms. The number of benzene rings is 1. The lowest BCUT2D eigenvalue weighted by atomic mass is 10.1. The minimum atomic E-state index is -3.11. The minimum absolute atomic E-state index is 0.486. The highest BCUT2D eigenvalue weighted by molar-refractivity contribution is 7.88. The molecule has 0 saturated carbocycles. The van der Waals surface area contributed by atoms with Crippen molar-refractivity contribution in [3.63, 3.8) is 0 Å². The van der Waals surface area contributed by atoms with Crippen LogP contribution in [0.5, 0.6) is 0 Å². The van der Waals surface area contributed by atoms with Gasteiger partial charge >= 0.3 is 5.97 Å². The fraction of sp³-hybridized carbons (Fsp3) is 0.357. The number of carboxylic acids is 1. The Kier molecular flexibility index (Phi) is 4.64. The molecule has 0 radical (unpaired) electrons. The van der Waals surface area contributed by atoms with Crippen LogP contribution in [-0.4, -0.2) is 56.2 Å². The van der Waals surface area contributed by atoms with E-state index < -0.39 is 16.0 Å². The third-order valence-electron chi connectivity index (χ3n) is 3.38. The van der Waals surface area contributed by atoms with Crippen LogP contribution in [0.25, 0.3) is 6.08 Å². The van der Waals surface area contributed by atoms with Crippen LogP contribution < -0.4 is 4.90 Å². The normalized spacial score (nSPS) is 17.3. The molecule has 6 nitrogen and oxygen atoms in total. The van der Waals surface area contributed by atoms with Gasteiger partial charge in [0.1, 0.15) is 0 Å². The summed E-state index contributed by atoms with van der Waals surface area (Å²) in [5.74, 6) is -0.976. The Morgan fingerprint density at radius 3 is 2.19 bits per heavy atom. The van der Waals surface area contributed by atoms with Crippen molar-refractivity contribution < 1.29 is 18.3 Å². The Bertz CT molecular complexity index is 629. The van der Waals surface area contributed by atoms with E-state index in [4.69, 9.17) is 5.11 Å². The number of rotatable bonds is 4. The maximum Gasteiger partial charge on any atom is 0.328 e. The molecule has 1 aromatic carbocycles. The van der Waals surface area contributed by atoms with E-state index in [-0.39, 0.29) is 0 Å². The van der Waals surface area contributed by atoms with E-state index in [1.807, 2.05) is 24.3 Å². The van der Waals surface area contributed by atoms with Crippen molar-refractivity contribution >= 4 is 27.8 Å². The summed E-state index contributed by atoms with van der Waals surface area (Å²) in [7, 11) is -3.11. The fourth-order valence-electron chi connectivity index (χ4n) is 2.24. The second kappa shape index (κ2) is 6.28. The molecule has 0 amide bonds. The molecule has 1 fully saturated rings. The van der Waals surface area contributed by atoms with Crippen molar-refractivity contribution in [2.24, 2.45) is 0 Å². The molecule has 0 aromatic heterocycles. The molecule has 1 saturated heterocycles. The summed E-state index contributed by atoms with van der Waals surface area (Å²) < 4.78 is 24.4. The lowest BCUT2D eigenvalue weighted by Gasteiger charge is -2.34. The zero-order valence-electron chi connectivity index (χ0n) is 11.8. The van der Waals surface area contributed by atoms with Crippen molar-refractivity contribution in [1.29, 1.82) is 0 Å². The Morgan fingerprint density at radius 2 is 1.71 bits per heavy atom. The first-order valence-corrected chi connectivity index (χ1v) is 8.42. The van der Waals surface area contributed by atoms with Crippen molar-refractivity contribution in [1.82, 2.24) is 4.31 Å². The van der Waals surface area contributed by atoms with Crippen LogP contribution in [0.1, 0.15) is 5.56 Å². The molecule has 1 N–H and O–H groups in total. The topological polar surface area (TPSA) is 77.9 Å². The van der Waals surface area contributed by atoms with E-state index in [1.165, 1.54) is 16.6 Å². The van der Waals surface area contributed by atoms with Gasteiger partial charge in [0, 0.05) is 37.9 Å². The first-order chi connectivity index (χ1) is 9.86. The number of hydrogen-bond acceptors (Lipinski definition) is 4. The van der Waals surface area contributed by atoms with Gasteiger partial charge in [0.25, 0.3) is 0 Å². The smallest absolute Gasteiger partial charge is 0.328 e. The maximum atomic E-state index is 11.5. The van der Waals surface area contributed by atoms with E-state index in [1.54, 1.807) is 0 Å². The number of carboxylic acid groups (broad SMARTS) is 1. The van der Waals surface area contributed by atoms with E-state index in [0.717, 1.165) is 17.3 Å².